The van der Waals surface area contributed by atoms with E-state index in [-0.39, 0.29) is 6.61 Å². The molecule has 1 N–H and O–H groups in total. The number of hydrogen-bond acceptors (Lipinski definition) is 4. The van der Waals surface area contributed by atoms with Crippen LogP contribution < -0.4 is 0 Å². The standard InChI is InChI=1S/C7H7N3OS/c11-3-7-9-8-5-10(7)6-1-2-12-4-6/h1-2,4-5,11H,3H2. The maximum Gasteiger partial charge on any atom is 0.163 e. The summed E-state index contributed by atoms with van der Waals surface area (Å²) in [7, 11) is 0. The van der Waals surface area contributed by atoms with E-state index in [0.29, 0.717) is 5.82 Å². The number of thiophene rings is 1. The summed E-state index contributed by atoms with van der Waals surface area (Å²) in [5, 5.41) is 20.3. The predicted molar refractivity (Wildman–Crippen MR) is 45.2 cm³/mol. The lowest BCUT2D eigenvalue weighted by atomic mass is 10.5. The third-order valence-corrected chi connectivity index (χ3v) is 2.21. The van der Waals surface area contributed by atoms with Crippen LogP contribution in [0.1, 0.15) is 5.82 Å². The van der Waals surface area contributed by atoms with E-state index in [2.05, 4.69) is 10.2 Å². The second kappa shape index (κ2) is 3.04. The molecule has 0 fully saturated rings. The topological polar surface area (TPSA) is 50.9 Å². The predicted octanol–water partition coefficient (Wildman–Crippen LogP) is 0.821. The van der Waals surface area contributed by atoms with Crippen LogP contribution in [0.4, 0.5) is 0 Å². The molecule has 2 rings (SSSR count). The molecule has 0 atom stereocenters. The number of aliphatic hydroxyl groups excluding tert-OH is 1. The monoisotopic (exact) mass is 181 g/mol. The van der Waals surface area contributed by atoms with Gasteiger partial charge in [0.05, 0.1) is 5.69 Å². The second-order valence-corrected chi connectivity index (χ2v) is 3.04. The third-order valence-electron chi connectivity index (χ3n) is 1.54. The van der Waals surface area contributed by atoms with E-state index in [1.54, 1.807) is 22.2 Å². The minimum Gasteiger partial charge on any atom is -0.388 e. The highest BCUT2D eigenvalue weighted by molar-refractivity contribution is 7.08. The molecule has 12 heavy (non-hydrogen) atoms. The van der Waals surface area contributed by atoms with E-state index in [4.69, 9.17) is 5.11 Å². The molecule has 0 saturated heterocycles. The molecular weight excluding hydrogens is 174 g/mol. The van der Waals surface area contributed by atoms with E-state index < -0.39 is 0 Å². The first-order valence-electron chi connectivity index (χ1n) is 3.44. The van der Waals surface area contributed by atoms with E-state index in [0.717, 1.165) is 5.69 Å². The summed E-state index contributed by atoms with van der Waals surface area (Å²) >= 11 is 1.60. The molecule has 2 heterocycles. The van der Waals surface area contributed by atoms with Crippen molar-refractivity contribution in [1.82, 2.24) is 14.8 Å². The Balaban J connectivity index is 2.46. The molecular formula is C7H7N3OS. The molecule has 0 amide bonds. The van der Waals surface area contributed by atoms with E-state index in [9.17, 15) is 0 Å². The van der Waals surface area contributed by atoms with Crippen molar-refractivity contribution < 1.29 is 5.11 Å². The molecule has 2 aromatic rings. The van der Waals surface area contributed by atoms with Crippen molar-refractivity contribution in [3.63, 3.8) is 0 Å². The van der Waals surface area contributed by atoms with Gasteiger partial charge in [-0.2, -0.15) is 11.3 Å². The highest BCUT2D eigenvalue weighted by Crippen LogP contribution is 2.12. The maximum atomic E-state index is 8.89. The first-order valence-corrected chi connectivity index (χ1v) is 4.38. The average molecular weight is 181 g/mol. The van der Waals surface area contributed by atoms with Crippen molar-refractivity contribution in [2.75, 3.05) is 0 Å². The van der Waals surface area contributed by atoms with Gasteiger partial charge in [-0.3, -0.25) is 4.57 Å². The Morgan fingerprint density at radius 2 is 2.50 bits per heavy atom. The lowest BCUT2D eigenvalue weighted by Crippen LogP contribution is -1.98. The van der Waals surface area contributed by atoms with Gasteiger partial charge in [-0.05, 0) is 11.4 Å². The molecule has 0 radical (unpaired) electrons. The van der Waals surface area contributed by atoms with Crippen LogP contribution in [0.25, 0.3) is 5.69 Å². The fourth-order valence-electron chi connectivity index (χ4n) is 0.977. The molecule has 0 aromatic carbocycles. The summed E-state index contributed by atoms with van der Waals surface area (Å²) < 4.78 is 1.76. The van der Waals surface area contributed by atoms with Crippen molar-refractivity contribution in [2.24, 2.45) is 0 Å². The Hall–Kier alpha value is -1.20. The maximum absolute atomic E-state index is 8.89. The molecule has 5 heteroatoms. The van der Waals surface area contributed by atoms with Crippen molar-refractivity contribution in [3.05, 3.63) is 29.0 Å². The zero-order chi connectivity index (χ0) is 8.39. The Kier molecular flexibility index (Phi) is 1.89. The quantitative estimate of drug-likeness (QED) is 0.746. The Bertz CT molecular complexity index is 354. The molecule has 0 unspecified atom stereocenters. The highest BCUT2D eigenvalue weighted by atomic mass is 32.1. The summed E-state index contributed by atoms with van der Waals surface area (Å²) in [5.41, 5.74) is 0.994. The molecule has 0 aliphatic rings. The number of aromatic nitrogens is 3. The van der Waals surface area contributed by atoms with Crippen LogP contribution in [0.15, 0.2) is 23.2 Å². The van der Waals surface area contributed by atoms with Crippen LogP contribution >= 0.6 is 11.3 Å². The van der Waals surface area contributed by atoms with Crippen molar-refractivity contribution in [1.29, 1.82) is 0 Å². The van der Waals surface area contributed by atoms with Crippen LogP contribution in [-0.2, 0) is 6.61 Å². The van der Waals surface area contributed by atoms with Gasteiger partial charge < -0.3 is 5.11 Å². The fourth-order valence-corrected chi connectivity index (χ4v) is 1.60. The zero-order valence-electron chi connectivity index (χ0n) is 6.21. The van der Waals surface area contributed by atoms with Gasteiger partial charge in [-0.15, -0.1) is 10.2 Å². The number of aliphatic hydroxyl groups is 1. The summed E-state index contributed by atoms with van der Waals surface area (Å²) in [5.74, 6) is 0.563. The Morgan fingerprint density at radius 3 is 3.17 bits per heavy atom. The van der Waals surface area contributed by atoms with Gasteiger partial charge in [0.25, 0.3) is 0 Å². The second-order valence-electron chi connectivity index (χ2n) is 2.26. The molecule has 0 bridgehead atoms. The zero-order valence-corrected chi connectivity index (χ0v) is 7.03. The van der Waals surface area contributed by atoms with E-state index >= 15 is 0 Å². The van der Waals surface area contributed by atoms with Crippen LogP contribution in [0.3, 0.4) is 0 Å². The van der Waals surface area contributed by atoms with Gasteiger partial charge in [0.1, 0.15) is 12.9 Å². The normalized spacial score (nSPS) is 10.4. The van der Waals surface area contributed by atoms with Crippen LogP contribution in [0.5, 0.6) is 0 Å². The van der Waals surface area contributed by atoms with Crippen molar-refractivity contribution in [2.45, 2.75) is 6.61 Å². The molecule has 0 spiro atoms. The Morgan fingerprint density at radius 1 is 1.58 bits per heavy atom. The summed E-state index contributed by atoms with van der Waals surface area (Å²) in [6.45, 7) is -0.0875. The minimum absolute atomic E-state index is 0.0875. The molecule has 0 saturated carbocycles. The number of nitrogens with zero attached hydrogens (tertiary/aromatic N) is 3. The van der Waals surface area contributed by atoms with Gasteiger partial charge in [-0.1, -0.05) is 0 Å². The van der Waals surface area contributed by atoms with E-state index in [1.165, 1.54) is 0 Å². The Labute approximate surface area is 73.1 Å². The van der Waals surface area contributed by atoms with E-state index in [1.807, 2.05) is 16.8 Å². The van der Waals surface area contributed by atoms with Crippen LogP contribution in [0.2, 0.25) is 0 Å². The van der Waals surface area contributed by atoms with Gasteiger partial charge in [-0.25, -0.2) is 0 Å². The fraction of sp³-hybridized carbons (Fsp3) is 0.143. The summed E-state index contributed by atoms with van der Waals surface area (Å²) in [6, 6.07) is 1.95. The third kappa shape index (κ3) is 1.13. The molecule has 62 valence electrons. The lowest BCUT2D eigenvalue weighted by Gasteiger charge is -1.99. The number of rotatable bonds is 2. The van der Waals surface area contributed by atoms with Gasteiger partial charge in [0.15, 0.2) is 5.82 Å². The lowest BCUT2D eigenvalue weighted by molar-refractivity contribution is 0.269. The van der Waals surface area contributed by atoms with Gasteiger partial charge in [0, 0.05) is 5.38 Å². The van der Waals surface area contributed by atoms with Crippen molar-refractivity contribution in [3.8, 4) is 5.69 Å². The van der Waals surface area contributed by atoms with Crippen LogP contribution in [-0.4, -0.2) is 19.9 Å². The van der Waals surface area contributed by atoms with Gasteiger partial charge >= 0.3 is 0 Å². The summed E-state index contributed by atoms with van der Waals surface area (Å²) in [6.07, 6.45) is 1.59. The molecule has 0 aliphatic heterocycles. The molecule has 0 aliphatic carbocycles. The molecule has 4 nitrogen and oxygen atoms in total. The molecule has 2 aromatic heterocycles. The first kappa shape index (κ1) is 7.45. The highest BCUT2D eigenvalue weighted by Gasteiger charge is 2.03. The van der Waals surface area contributed by atoms with Gasteiger partial charge in [0.2, 0.25) is 0 Å². The van der Waals surface area contributed by atoms with Crippen molar-refractivity contribution >= 4 is 11.3 Å². The SMILES string of the molecule is OCc1nncn1-c1ccsc1. The van der Waals surface area contributed by atoms with Crippen LogP contribution in [0, 0.1) is 0 Å². The first-order chi connectivity index (χ1) is 5.92. The summed E-state index contributed by atoms with van der Waals surface area (Å²) in [4.78, 5) is 0. The average Bonchev–Trinajstić information content (AvgIpc) is 2.74. The largest absolute Gasteiger partial charge is 0.388 e. The smallest absolute Gasteiger partial charge is 0.163 e. The minimum atomic E-state index is -0.0875. The number of hydrogen-bond donors (Lipinski definition) is 1.